The third-order valence-electron chi connectivity index (χ3n) is 5.89. The number of aromatic nitrogens is 4. The van der Waals surface area contributed by atoms with E-state index in [0.717, 1.165) is 10.1 Å². The van der Waals surface area contributed by atoms with E-state index in [9.17, 15) is 27.9 Å². The highest BCUT2D eigenvalue weighted by atomic mass is 35.5. The molecule has 0 bridgehead atoms. The average molecular weight is 537 g/mol. The lowest BCUT2D eigenvalue weighted by Gasteiger charge is -2.12. The van der Waals surface area contributed by atoms with Crippen molar-refractivity contribution in [3.05, 3.63) is 85.0 Å². The van der Waals surface area contributed by atoms with Crippen molar-refractivity contribution >= 4 is 22.8 Å². The molecule has 194 valence electrons. The lowest BCUT2D eigenvalue weighted by atomic mass is 10.2. The SMILES string of the molecule is CC(O)Cn1c(=O)n(C)c(=O)c2c1nc(OC1c3ccc(OC(F)(F)F)cc31)n2Cc1ccc(Cl)cc1. The number of alkyl halides is 3. The maximum Gasteiger partial charge on any atom is 0.573 e. The van der Waals surface area contributed by atoms with Gasteiger partial charge < -0.3 is 14.6 Å². The number of halogens is 4. The number of benzene rings is 2. The van der Waals surface area contributed by atoms with E-state index in [1.165, 1.54) is 41.3 Å². The number of hydrogen-bond acceptors (Lipinski definition) is 6. The zero-order valence-electron chi connectivity index (χ0n) is 19.5. The molecule has 0 saturated heterocycles. The van der Waals surface area contributed by atoms with Crippen LogP contribution in [0.1, 0.15) is 29.7 Å². The van der Waals surface area contributed by atoms with Crippen LogP contribution in [0.15, 0.2) is 52.1 Å². The Bertz CT molecular complexity index is 1620. The number of nitrogens with zero attached hydrogens (tertiary/aromatic N) is 4. The Morgan fingerprint density at radius 2 is 1.81 bits per heavy atom. The van der Waals surface area contributed by atoms with Gasteiger partial charge in [-0.3, -0.25) is 18.5 Å². The van der Waals surface area contributed by atoms with Gasteiger partial charge in [-0.2, -0.15) is 4.98 Å². The molecule has 2 aromatic heterocycles. The van der Waals surface area contributed by atoms with E-state index < -0.39 is 29.8 Å². The molecule has 2 aromatic carbocycles. The second-order valence-electron chi connectivity index (χ2n) is 8.72. The molecule has 0 spiro atoms. The minimum absolute atomic E-state index is 0.0174. The van der Waals surface area contributed by atoms with Crippen LogP contribution in [-0.2, 0) is 20.1 Å². The highest BCUT2D eigenvalue weighted by Crippen LogP contribution is 2.46. The Labute approximate surface area is 211 Å². The topological polar surface area (TPSA) is 101 Å². The van der Waals surface area contributed by atoms with Crippen molar-refractivity contribution in [3.63, 3.8) is 0 Å². The fourth-order valence-corrected chi connectivity index (χ4v) is 4.28. The lowest BCUT2D eigenvalue weighted by Crippen LogP contribution is -2.40. The summed E-state index contributed by atoms with van der Waals surface area (Å²) in [5, 5.41) is 10.5. The van der Waals surface area contributed by atoms with Crippen LogP contribution in [0.5, 0.6) is 11.8 Å². The fraction of sp³-hybridized carbons (Fsp3) is 0.292. The van der Waals surface area contributed by atoms with Gasteiger partial charge in [0.05, 0.1) is 19.2 Å². The predicted molar refractivity (Wildman–Crippen MR) is 127 cm³/mol. The smallest absolute Gasteiger partial charge is 0.451 e. The molecule has 2 unspecified atom stereocenters. The first-order chi connectivity index (χ1) is 17.4. The van der Waals surface area contributed by atoms with Gasteiger partial charge in [0.2, 0.25) is 0 Å². The van der Waals surface area contributed by atoms with Crippen LogP contribution in [0.2, 0.25) is 5.02 Å². The molecule has 0 saturated carbocycles. The summed E-state index contributed by atoms with van der Waals surface area (Å²) >= 11 is 5.99. The van der Waals surface area contributed by atoms with Crippen molar-refractivity contribution in [1.29, 1.82) is 0 Å². The van der Waals surface area contributed by atoms with Gasteiger partial charge in [-0.25, -0.2) is 4.79 Å². The fourth-order valence-electron chi connectivity index (χ4n) is 4.15. The van der Waals surface area contributed by atoms with Gasteiger partial charge in [-0.1, -0.05) is 29.8 Å². The summed E-state index contributed by atoms with van der Waals surface area (Å²) in [5.74, 6) is -0.383. The summed E-state index contributed by atoms with van der Waals surface area (Å²) in [7, 11) is 1.32. The van der Waals surface area contributed by atoms with Crippen molar-refractivity contribution in [2.75, 3.05) is 0 Å². The second-order valence-corrected chi connectivity index (χ2v) is 9.16. The summed E-state index contributed by atoms with van der Waals surface area (Å²) in [4.78, 5) is 30.4. The van der Waals surface area contributed by atoms with Gasteiger partial charge in [-0.15, -0.1) is 13.2 Å². The number of aliphatic hydroxyl groups is 1. The van der Waals surface area contributed by atoms with E-state index in [0.29, 0.717) is 16.1 Å². The zero-order chi connectivity index (χ0) is 26.6. The molecule has 1 N–H and O–H groups in total. The van der Waals surface area contributed by atoms with Crippen molar-refractivity contribution in [1.82, 2.24) is 18.7 Å². The normalized spacial score (nSPS) is 15.5. The van der Waals surface area contributed by atoms with Crippen LogP contribution in [0.3, 0.4) is 0 Å². The van der Waals surface area contributed by atoms with Crippen LogP contribution in [-0.4, -0.2) is 36.3 Å². The van der Waals surface area contributed by atoms with E-state index >= 15 is 0 Å². The molecular weight excluding hydrogens is 517 g/mol. The molecule has 0 radical (unpaired) electrons. The standard InChI is InChI=1S/C24H20ClF3N4O5/c1-12(33)10-32-20-18(21(34)30(2)23(32)35)31(11-13-3-5-14(25)6-4-13)22(29-20)36-19-16-8-7-15(9-17(16)19)37-24(26,27)28/h3-9,12,19,33H,10-11H2,1-2H3. The summed E-state index contributed by atoms with van der Waals surface area (Å²) in [6.45, 7) is 1.49. The highest BCUT2D eigenvalue weighted by Gasteiger charge is 2.39. The maximum atomic E-state index is 13.2. The Hall–Kier alpha value is -3.77. The molecule has 13 heteroatoms. The molecule has 5 rings (SSSR count). The summed E-state index contributed by atoms with van der Waals surface area (Å²) < 4.78 is 51.5. The van der Waals surface area contributed by atoms with E-state index in [1.807, 2.05) is 0 Å². The van der Waals surface area contributed by atoms with Gasteiger partial charge in [-0.05, 0) is 36.8 Å². The van der Waals surface area contributed by atoms with Crippen molar-refractivity contribution in [2.45, 2.75) is 38.6 Å². The number of ether oxygens (including phenoxy) is 2. The molecule has 2 atom stereocenters. The Balaban J connectivity index is 1.60. The lowest BCUT2D eigenvalue weighted by molar-refractivity contribution is -0.274. The van der Waals surface area contributed by atoms with Gasteiger partial charge in [0.25, 0.3) is 11.6 Å². The quantitative estimate of drug-likeness (QED) is 0.389. The minimum atomic E-state index is -4.83. The summed E-state index contributed by atoms with van der Waals surface area (Å²) in [6.07, 6.45) is -6.46. The molecule has 4 aromatic rings. The number of rotatable bonds is 7. The van der Waals surface area contributed by atoms with E-state index in [4.69, 9.17) is 16.3 Å². The Kier molecular flexibility index (Phi) is 6.03. The first kappa shape index (κ1) is 24.9. The highest BCUT2D eigenvalue weighted by molar-refractivity contribution is 6.30. The first-order valence-electron chi connectivity index (χ1n) is 11.1. The Morgan fingerprint density at radius 3 is 2.46 bits per heavy atom. The number of aliphatic hydroxyl groups excluding tert-OH is 1. The molecule has 0 aliphatic heterocycles. The van der Waals surface area contributed by atoms with Crippen molar-refractivity contribution < 1.29 is 27.8 Å². The van der Waals surface area contributed by atoms with Crippen LogP contribution in [0, 0.1) is 0 Å². The third-order valence-corrected chi connectivity index (χ3v) is 6.14. The number of imidazole rings is 1. The van der Waals surface area contributed by atoms with Crippen LogP contribution in [0.4, 0.5) is 13.2 Å². The minimum Gasteiger partial charge on any atom is -0.451 e. The molecule has 2 heterocycles. The van der Waals surface area contributed by atoms with Crippen LogP contribution < -0.4 is 20.7 Å². The number of hydrogen-bond donors (Lipinski definition) is 1. The van der Waals surface area contributed by atoms with Crippen molar-refractivity contribution in [2.24, 2.45) is 7.05 Å². The Morgan fingerprint density at radius 1 is 1.11 bits per heavy atom. The molecule has 1 aliphatic carbocycles. The molecular formula is C24H20ClF3N4O5. The van der Waals surface area contributed by atoms with Crippen LogP contribution in [0.25, 0.3) is 11.2 Å². The molecule has 0 amide bonds. The molecule has 9 nitrogen and oxygen atoms in total. The summed E-state index contributed by atoms with van der Waals surface area (Å²) in [5.41, 5.74) is 0.660. The predicted octanol–water partition coefficient (Wildman–Crippen LogP) is 3.36. The largest absolute Gasteiger partial charge is 0.573 e. The van der Waals surface area contributed by atoms with E-state index in [2.05, 4.69) is 9.72 Å². The second kappa shape index (κ2) is 8.96. The van der Waals surface area contributed by atoms with Gasteiger partial charge in [0.15, 0.2) is 17.3 Å². The van der Waals surface area contributed by atoms with Crippen molar-refractivity contribution in [3.8, 4) is 11.8 Å². The third kappa shape index (κ3) is 4.81. The molecule has 1 aliphatic rings. The van der Waals surface area contributed by atoms with E-state index in [-0.39, 0.29) is 36.0 Å². The van der Waals surface area contributed by atoms with E-state index in [1.54, 1.807) is 24.3 Å². The average Bonchev–Trinajstić information content (AvgIpc) is 3.37. The molecule has 0 fully saturated rings. The monoisotopic (exact) mass is 536 g/mol. The zero-order valence-corrected chi connectivity index (χ0v) is 20.2. The maximum absolute atomic E-state index is 13.2. The van der Waals surface area contributed by atoms with Crippen LogP contribution >= 0.6 is 11.6 Å². The van der Waals surface area contributed by atoms with Gasteiger partial charge >= 0.3 is 12.1 Å². The number of fused-ring (bicyclic) bond motifs is 2. The molecule has 37 heavy (non-hydrogen) atoms. The summed E-state index contributed by atoms with van der Waals surface area (Å²) in [6, 6.07) is 10.7. The van der Waals surface area contributed by atoms with Gasteiger partial charge in [0, 0.05) is 23.2 Å². The van der Waals surface area contributed by atoms with Gasteiger partial charge in [0.1, 0.15) is 5.75 Å². The first-order valence-corrected chi connectivity index (χ1v) is 11.5.